The van der Waals surface area contributed by atoms with E-state index in [0.717, 1.165) is 25.0 Å². The highest BCUT2D eigenvalue weighted by molar-refractivity contribution is 5.75. The maximum Gasteiger partial charge on any atom is 0.309 e. The molecule has 88 valence electrons. The maximum atomic E-state index is 11.8. The second-order valence-electron chi connectivity index (χ2n) is 4.61. The average molecular weight is 222 g/mol. The van der Waals surface area contributed by atoms with Crippen LogP contribution in [0, 0.1) is 17.3 Å². The van der Waals surface area contributed by atoms with E-state index in [9.17, 15) is 4.79 Å². The Morgan fingerprint density at radius 2 is 2.38 bits per heavy atom. The van der Waals surface area contributed by atoms with Crippen LogP contribution in [0.25, 0.3) is 0 Å². The van der Waals surface area contributed by atoms with Crippen LogP contribution in [0.5, 0.6) is 0 Å². The number of hydrogen-bond donors (Lipinski definition) is 0. The topological polar surface area (TPSA) is 35.5 Å². The third kappa shape index (κ3) is 1.46. The SMILES string of the molecule is C=C[C@@]12C=C(OC)[C@@H](CC1)C[C@@H]2C(=O)OC. The Bertz CT molecular complexity index is 345. The van der Waals surface area contributed by atoms with Crippen LogP contribution in [-0.4, -0.2) is 20.2 Å². The van der Waals surface area contributed by atoms with Crippen molar-refractivity contribution in [1.82, 2.24) is 0 Å². The summed E-state index contributed by atoms with van der Waals surface area (Å²) in [6, 6.07) is 0. The van der Waals surface area contributed by atoms with E-state index in [0.29, 0.717) is 5.92 Å². The fourth-order valence-electron chi connectivity index (χ4n) is 3.02. The third-order valence-electron chi connectivity index (χ3n) is 4.01. The Morgan fingerprint density at radius 3 is 2.94 bits per heavy atom. The van der Waals surface area contributed by atoms with E-state index in [4.69, 9.17) is 9.47 Å². The van der Waals surface area contributed by atoms with Gasteiger partial charge in [0.2, 0.25) is 0 Å². The molecule has 16 heavy (non-hydrogen) atoms. The van der Waals surface area contributed by atoms with Crippen LogP contribution in [0.15, 0.2) is 24.5 Å². The lowest BCUT2D eigenvalue weighted by atomic mass is 9.58. The van der Waals surface area contributed by atoms with Crippen molar-refractivity contribution in [2.24, 2.45) is 17.3 Å². The molecule has 0 aromatic carbocycles. The summed E-state index contributed by atoms with van der Waals surface area (Å²) in [5, 5.41) is 0. The lowest BCUT2D eigenvalue weighted by Gasteiger charge is -2.46. The van der Waals surface area contributed by atoms with Crippen LogP contribution >= 0.6 is 0 Å². The van der Waals surface area contributed by atoms with E-state index in [1.165, 1.54) is 7.11 Å². The number of ether oxygens (including phenoxy) is 2. The van der Waals surface area contributed by atoms with Crippen molar-refractivity contribution < 1.29 is 14.3 Å². The number of allylic oxidation sites excluding steroid dienone is 3. The summed E-state index contributed by atoms with van der Waals surface area (Å²) in [4.78, 5) is 11.8. The van der Waals surface area contributed by atoms with Crippen LogP contribution in [0.2, 0.25) is 0 Å². The maximum absolute atomic E-state index is 11.8. The van der Waals surface area contributed by atoms with Gasteiger partial charge in [0.05, 0.1) is 25.9 Å². The van der Waals surface area contributed by atoms with Crippen LogP contribution in [0.3, 0.4) is 0 Å². The van der Waals surface area contributed by atoms with Crippen molar-refractivity contribution in [3.05, 3.63) is 24.5 Å². The molecule has 0 N–H and O–H groups in total. The number of fused-ring (bicyclic) bond motifs is 2. The van der Waals surface area contributed by atoms with Crippen LogP contribution in [0.4, 0.5) is 0 Å². The highest BCUT2D eigenvalue weighted by Crippen LogP contribution is 2.53. The number of esters is 1. The van der Waals surface area contributed by atoms with Gasteiger partial charge in [-0.1, -0.05) is 6.08 Å². The molecule has 0 heterocycles. The van der Waals surface area contributed by atoms with Gasteiger partial charge in [0.1, 0.15) is 0 Å². The molecule has 1 saturated carbocycles. The molecule has 0 unspecified atom stereocenters. The summed E-state index contributed by atoms with van der Waals surface area (Å²) in [6.07, 6.45) is 6.80. The van der Waals surface area contributed by atoms with Crippen molar-refractivity contribution >= 4 is 5.97 Å². The molecule has 0 aliphatic heterocycles. The van der Waals surface area contributed by atoms with E-state index in [1.54, 1.807) is 7.11 Å². The molecule has 0 aromatic heterocycles. The zero-order chi connectivity index (χ0) is 11.8. The first-order valence-electron chi connectivity index (χ1n) is 5.65. The minimum Gasteiger partial charge on any atom is -0.501 e. The molecule has 1 fully saturated rings. The van der Waals surface area contributed by atoms with Gasteiger partial charge in [0, 0.05) is 11.3 Å². The fourth-order valence-corrected chi connectivity index (χ4v) is 3.02. The first kappa shape index (κ1) is 11.2. The summed E-state index contributed by atoms with van der Waals surface area (Å²) in [6.45, 7) is 3.88. The Balaban J connectivity index is 2.37. The molecule has 3 aliphatic carbocycles. The number of carbonyl (C=O) groups excluding carboxylic acids is 1. The Labute approximate surface area is 96.1 Å². The van der Waals surface area contributed by atoms with Crippen molar-refractivity contribution in [3.8, 4) is 0 Å². The van der Waals surface area contributed by atoms with Gasteiger partial charge in [0.15, 0.2) is 0 Å². The highest BCUT2D eigenvalue weighted by Gasteiger charge is 2.50. The van der Waals surface area contributed by atoms with Crippen LogP contribution < -0.4 is 0 Å². The third-order valence-corrected chi connectivity index (χ3v) is 4.01. The minimum absolute atomic E-state index is 0.0901. The van der Waals surface area contributed by atoms with E-state index >= 15 is 0 Å². The highest BCUT2D eigenvalue weighted by atomic mass is 16.5. The predicted molar refractivity (Wildman–Crippen MR) is 60.6 cm³/mol. The molecule has 3 aliphatic rings. The lowest BCUT2D eigenvalue weighted by Crippen LogP contribution is -2.43. The van der Waals surface area contributed by atoms with Gasteiger partial charge in [-0.15, -0.1) is 6.58 Å². The first-order valence-corrected chi connectivity index (χ1v) is 5.65. The Kier molecular flexibility index (Phi) is 2.78. The lowest BCUT2D eigenvalue weighted by molar-refractivity contribution is -0.151. The predicted octanol–water partition coefficient (Wildman–Crippen LogP) is 2.29. The van der Waals surface area contributed by atoms with Crippen molar-refractivity contribution in [1.29, 1.82) is 0 Å². The minimum atomic E-state index is -0.257. The summed E-state index contributed by atoms with van der Waals surface area (Å²) < 4.78 is 10.3. The number of methoxy groups -OCH3 is 2. The number of carbonyl (C=O) groups is 1. The smallest absolute Gasteiger partial charge is 0.309 e. The Hall–Kier alpha value is -1.25. The van der Waals surface area contributed by atoms with Gasteiger partial charge >= 0.3 is 5.97 Å². The second-order valence-corrected chi connectivity index (χ2v) is 4.61. The Morgan fingerprint density at radius 1 is 1.62 bits per heavy atom. The van der Waals surface area contributed by atoms with Crippen molar-refractivity contribution in [2.45, 2.75) is 19.3 Å². The van der Waals surface area contributed by atoms with Gasteiger partial charge in [0.25, 0.3) is 0 Å². The van der Waals surface area contributed by atoms with Crippen molar-refractivity contribution in [2.75, 3.05) is 14.2 Å². The molecular formula is C13H18O3. The van der Waals surface area contributed by atoms with E-state index in [-0.39, 0.29) is 17.3 Å². The zero-order valence-corrected chi connectivity index (χ0v) is 9.86. The molecule has 3 rings (SSSR count). The molecule has 0 aromatic rings. The van der Waals surface area contributed by atoms with Crippen molar-refractivity contribution in [3.63, 3.8) is 0 Å². The van der Waals surface area contributed by atoms with E-state index in [1.807, 2.05) is 6.08 Å². The summed E-state index contributed by atoms with van der Waals surface area (Å²) in [7, 11) is 3.14. The summed E-state index contributed by atoms with van der Waals surface area (Å²) in [5.41, 5.74) is -0.257. The summed E-state index contributed by atoms with van der Waals surface area (Å²) in [5.74, 6) is 1.16. The molecule has 0 amide bonds. The average Bonchev–Trinajstić information content (AvgIpc) is 2.37. The molecule has 3 heteroatoms. The second kappa shape index (κ2) is 3.96. The van der Waals surface area contributed by atoms with Gasteiger partial charge < -0.3 is 9.47 Å². The monoisotopic (exact) mass is 222 g/mol. The largest absolute Gasteiger partial charge is 0.501 e. The molecule has 3 atom stereocenters. The van der Waals surface area contributed by atoms with Gasteiger partial charge in [-0.05, 0) is 25.3 Å². The first-order chi connectivity index (χ1) is 7.66. The zero-order valence-electron chi connectivity index (χ0n) is 9.86. The molecule has 0 radical (unpaired) electrons. The molecule has 0 spiro atoms. The number of rotatable bonds is 3. The molecular weight excluding hydrogens is 204 g/mol. The van der Waals surface area contributed by atoms with Crippen LogP contribution in [0.1, 0.15) is 19.3 Å². The van der Waals surface area contributed by atoms with E-state index < -0.39 is 0 Å². The quantitative estimate of drug-likeness (QED) is 0.543. The standard InChI is InChI=1S/C13H18O3/c1-4-13-6-5-9(11(8-13)15-2)7-10(13)12(14)16-3/h4,8-10H,1,5-7H2,2-3H3/t9-,10+,13-/m0/s1. The van der Waals surface area contributed by atoms with E-state index in [2.05, 4.69) is 12.7 Å². The van der Waals surface area contributed by atoms with Gasteiger partial charge in [-0.2, -0.15) is 0 Å². The molecule has 3 nitrogen and oxygen atoms in total. The summed E-state index contributed by atoms with van der Waals surface area (Å²) >= 11 is 0. The fraction of sp³-hybridized carbons (Fsp3) is 0.615. The van der Waals surface area contributed by atoms with Gasteiger partial charge in [-0.3, -0.25) is 4.79 Å². The molecule has 0 saturated heterocycles. The van der Waals surface area contributed by atoms with Gasteiger partial charge in [-0.25, -0.2) is 0 Å². The normalized spacial score (nSPS) is 36.5. The van der Waals surface area contributed by atoms with Crippen LogP contribution in [-0.2, 0) is 14.3 Å². The number of hydrogen-bond acceptors (Lipinski definition) is 3. The molecule has 2 bridgehead atoms.